The van der Waals surface area contributed by atoms with Crippen molar-refractivity contribution < 1.29 is 0 Å². The first-order valence-corrected chi connectivity index (χ1v) is 5.47. The lowest BCUT2D eigenvalue weighted by atomic mass is 10.1. The molecule has 0 saturated heterocycles. The molecule has 0 aliphatic carbocycles. The number of benzene rings is 1. The maximum atomic E-state index is 5.65. The van der Waals surface area contributed by atoms with Crippen molar-refractivity contribution in [2.75, 3.05) is 0 Å². The van der Waals surface area contributed by atoms with Crippen LogP contribution in [0.3, 0.4) is 0 Å². The van der Waals surface area contributed by atoms with Crippen molar-refractivity contribution >= 4 is 11.3 Å². The smallest absolute Gasteiger partial charge is 0.0348 e. The molecule has 0 saturated carbocycles. The monoisotopic (exact) mass is 203 g/mol. The minimum atomic E-state index is 0.634. The van der Waals surface area contributed by atoms with Gasteiger partial charge in [0.25, 0.3) is 0 Å². The van der Waals surface area contributed by atoms with Gasteiger partial charge in [-0.05, 0) is 24.1 Å². The average Bonchev–Trinajstić information content (AvgIpc) is 2.61. The Kier molecular flexibility index (Phi) is 2.66. The summed E-state index contributed by atoms with van der Waals surface area (Å²) in [6.07, 6.45) is 0. The van der Waals surface area contributed by atoms with Gasteiger partial charge in [-0.15, -0.1) is 11.3 Å². The molecule has 1 heterocycles. The highest BCUT2D eigenvalue weighted by Crippen LogP contribution is 2.30. The first kappa shape index (κ1) is 9.44. The quantitative estimate of drug-likeness (QED) is 0.797. The minimum Gasteiger partial charge on any atom is -0.326 e. The third kappa shape index (κ3) is 1.72. The van der Waals surface area contributed by atoms with Gasteiger partial charge in [0.15, 0.2) is 0 Å². The Bertz CT molecular complexity index is 417. The van der Waals surface area contributed by atoms with Crippen molar-refractivity contribution in [3.05, 3.63) is 46.8 Å². The molecule has 2 rings (SSSR count). The summed E-state index contributed by atoms with van der Waals surface area (Å²) >= 11 is 1.81. The van der Waals surface area contributed by atoms with Gasteiger partial charge in [-0.1, -0.05) is 30.3 Å². The van der Waals surface area contributed by atoms with Crippen molar-refractivity contribution in [1.29, 1.82) is 0 Å². The van der Waals surface area contributed by atoms with Crippen LogP contribution in [0.15, 0.2) is 36.4 Å². The van der Waals surface area contributed by atoms with E-state index in [4.69, 9.17) is 5.73 Å². The summed E-state index contributed by atoms with van der Waals surface area (Å²) in [6.45, 7) is 2.76. The maximum absolute atomic E-state index is 5.65. The second kappa shape index (κ2) is 3.95. The van der Waals surface area contributed by atoms with Gasteiger partial charge in [-0.3, -0.25) is 0 Å². The zero-order chi connectivity index (χ0) is 9.97. The molecule has 2 N–H and O–H groups in total. The van der Waals surface area contributed by atoms with E-state index in [0.717, 1.165) is 0 Å². The van der Waals surface area contributed by atoms with Gasteiger partial charge in [-0.25, -0.2) is 0 Å². The Balaban J connectivity index is 2.43. The second-order valence-electron chi connectivity index (χ2n) is 3.26. The molecular formula is C12H13NS. The topological polar surface area (TPSA) is 26.0 Å². The van der Waals surface area contributed by atoms with Crippen LogP contribution in [-0.2, 0) is 6.54 Å². The molecule has 0 bridgehead atoms. The fraction of sp³-hybridized carbons (Fsp3) is 0.167. The zero-order valence-electron chi connectivity index (χ0n) is 8.16. The largest absolute Gasteiger partial charge is 0.326 e. The van der Waals surface area contributed by atoms with Crippen LogP contribution >= 0.6 is 11.3 Å². The molecule has 0 aliphatic rings. The normalized spacial score (nSPS) is 10.4. The third-order valence-electron chi connectivity index (χ3n) is 2.30. The Morgan fingerprint density at radius 2 is 1.93 bits per heavy atom. The summed E-state index contributed by atoms with van der Waals surface area (Å²) < 4.78 is 0. The average molecular weight is 203 g/mol. The molecule has 2 aromatic rings. The second-order valence-corrected chi connectivity index (χ2v) is 4.52. The van der Waals surface area contributed by atoms with Crippen molar-refractivity contribution in [3.8, 4) is 10.4 Å². The van der Waals surface area contributed by atoms with Crippen molar-refractivity contribution in [3.63, 3.8) is 0 Å². The lowest BCUT2D eigenvalue weighted by molar-refractivity contribution is 1.07. The van der Waals surface area contributed by atoms with Gasteiger partial charge < -0.3 is 5.73 Å². The SMILES string of the molecule is Cc1sc(-c2ccccc2)cc1CN. The molecule has 0 aliphatic heterocycles. The Hall–Kier alpha value is -1.12. The Morgan fingerprint density at radius 1 is 1.21 bits per heavy atom. The number of rotatable bonds is 2. The highest BCUT2D eigenvalue weighted by molar-refractivity contribution is 7.15. The zero-order valence-corrected chi connectivity index (χ0v) is 8.97. The molecular weight excluding hydrogens is 190 g/mol. The van der Waals surface area contributed by atoms with Gasteiger partial charge in [0.05, 0.1) is 0 Å². The Labute approximate surface area is 88.2 Å². The molecule has 1 nitrogen and oxygen atoms in total. The molecule has 1 aromatic heterocycles. The molecule has 0 amide bonds. The molecule has 14 heavy (non-hydrogen) atoms. The molecule has 2 heteroatoms. The molecule has 0 unspecified atom stereocenters. The molecule has 1 aromatic carbocycles. The summed E-state index contributed by atoms with van der Waals surface area (Å²) in [4.78, 5) is 2.63. The van der Waals surface area contributed by atoms with E-state index in [1.165, 1.54) is 20.9 Å². The van der Waals surface area contributed by atoms with Gasteiger partial charge >= 0.3 is 0 Å². The summed E-state index contributed by atoms with van der Waals surface area (Å²) in [7, 11) is 0. The Morgan fingerprint density at radius 3 is 2.50 bits per heavy atom. The summed E-state index contributed by atoms with van der Waals surface area (Å²) in [6, 6.07) is 12.6. The number of nitrogens with two attached hydrogens (primary N) is 1. The van der Waals surface area contributed by atoms with Gasteiger partial charge in [0.2, 0.25) is 0 Å². The highest BCUT2D eigenvalue weighted by Gasteiger charge is 2.04. The van der Waals surface area contributed by atoms with Gasteiger partial charge in [0.1, 0.15) is 0 Å². The lowest BCUT2D eigenvalue weighted by Gasteiger charge is -1.94. The van der Waals surface area contributed by atoms with Crippen molar-refractivity contribution in [2.45, 2.75) is 13.5 Å². The molecule has 0 atom stereocenters. The maximum Gasteiger partial charge on any atom is 0.0348 e. The number of aryl methyl sites for hydroxylation is 1. The highest BCUT2D eigenvalue weighted by atomic mass is 32.1. The van der Waals surface area contributed by atoms with Crippen molar-refractivity contribution in [2.24, 2.45) is 5.73 Å². The van der Waals surface area contributed by atoms with Crippen LogP contribution in [0, 0.1) is 6.92 Å². The van der Waals surface area contributed by atoms with Gasteiger partial charge in [0, 0.05) is 16.3 Å². The third-order valence-corrected chi connectivity index (χ3v) is 3.44. The lowest BCUT2D eigenvalue weighted by Crippen LogP contribution is -1.94. The van der Waals surface area contributed by atoms with E-state index in [9.17, 15) is 0 Å². The van der Waals surface area contributed by atoms with E-state index in [-0.39, 0.29) is 0 Å². The van der Waals surface area contributed by atoms with Crippen LogP contribution < -0.4 is 5.73 Å². The number of thiophene rings is 1. The predicted octanol–water partition coefficient (Wildman–Crippen LogP) is 3.18. The number of hydrogen-bond donors (Lipinski definition) is 1. The first-order chi connectivity index (χ1) is 6.81. The van der Waals surface area contributed by atoms with Crippen LogP contribution in [0.5, 0.6) is 0 Å². The molecule has 0 fully saturated rings. The van der Waals surface area contributed by atoms with Gasteiger partial charge in [-0.2, -0.15) is 0 Å². The van der Waals surface area contributed by atoms with Crippen LogP contribution in [-0.4, -0.2) is 0 Å². The summed E-state index contributed by atoms with van der Waals surface area (Å²) in [5.74, 6) is 0. The summed E-state index contributed by atoms with van der Waals surface area (Å²) in [5, 5.41) is 0. The standard InChI is InChI=1S/C12H13NS/c1-9-11(8-13)7-12(14-9)10-5-3-2-4-6-10/h2-7H,8,13H2,1H3. The molecule has 0 spiro atoms. The van der Waals surface area contributed by atoms with E-state index < -0.39 is 0 Å². The molecule has 0 radical (unpaired) electrons. The first-order valence-electron chi connectivity index (χ1n) is 4.66. The van der Waals surface area contributed by atoms with Crippen LogP contribution in [0.2, 0.25) is 0 Å². The van der Waals surface area contributed by atoms with Crippen LogP contribution in [0.4, 0.5) is 0 Å². The predicted molar refractivity (Wildman–Crippen MR) is 62.4 cm³/mol. The van der Waals surface area contributed by atoms with E-state index in [2.05, 4.69) is 37.3 Å². The van der Waals surface area contributed by atoms with E-state index >= 15 is 0 Å². The number of hydrogen-bond acceptors (Lipinski definition) is 2. The fourth-order valence-electron chi connectivity index (χ4n) is 1.47. The van der Waals surface area contributed by atoms with Crippen LogP contribution in [0.25, 0.3) is 10.4 Å². The fourth-order valence-corrected chi connectivity index (χ4v) is 2.53. The summed E-state index contributed by atoms with van der Waals surface area (Å²) in [5.41, 5.74) is 8.18. The van der Waals surface area contributed by atoms with E-state index in [1.807, 2.05) is 17.4 Å². The molecule has 72 valence electrons. The van der Waals surface area contributed by atoms with Crippen molar-refractivity contribution in [1.82, 2.24) is 0 Å². The van der Waals surface area contributed by atoms with E-state index in [1.54, 1.807) is 0 Å². The van der Waals surface area contributed by atoms with Crippen LogP contribution in [0.1, 0.15) is 10.4 Å². The minimum absolute atomic E-state index is 0.634. The van der Waals surface area contributed by atoms with E-state index in [0.29, 0.717) is 6.54 Å².